The van der Waals surface area contributed by atoms with Crippen molar-refractivity contribution in [3.63, 3.8) is 0 Å². The van der Waals surface area contributed by atoms with Crippen molar-refractivity contribution in [1.29, 1.82) is 0 Å². The van der Waals surface area contributed by atoms with E-state index in [1.165, 1.54) is 13.8 Å². The molecule has 0 unspecified atom stereocenters. The lowest BCUT2D eigenvalue weighted by atomic mass is 9.99. The summed E-state index contributed by atoms with van der Waals surface area (Å²) in [4.78, 5) is 21.8. The average Bonchev–Trinajstić information content (AvgIpc) is 2.77. The van der Waals surface area contributed by atoms with Gasteiger partial charge in [0.05, 0.1) is 12.5 Å². The van der Waals surface area contributed by atoms with Gasteiger partial charge in [0.15, 0.2) is 6.29 Å². The Balaban J connectivity index is 1.98. The summed E-state index contributed by atoms with van der Waals surface area (Å²) >= 11 is 0. The Morgan fingerprint density at radius 2 is 2.06 bits per heavy atom. The summed E-state index contributed by atoms with van der Waals surface area (Å²) in [7, 11) is 0. The van der Waals surface area contributed by atoms with Crippen LogP contribution in [0.1, 0.15) is 20.3 Å². The predicted octanol–water partition coefficient (Wildman–Crippen LogP) is 0.243. The van der Waals surface area contributed by atoms with Crippen LogP contribution in [0.4, 0.5) is 0 Å². The maximum Gasteiger partial charge on any atom is 0.303 e. The number of ether oxygens (including phenoxy) is 4. The van der Waals surface area contributed by atoms with Crippen molar-refractivity contribution in [2.45, 2.75) is 38.8 Å². The minimum Gasteiger partial charge on any atom is -0.463 e. The molecule has 0 aromatic carbocycles. The van der Waals surface area contributed by atoms with E-state index in [9.17, 15) is 9.59 Å². The molecule has 0 aliphatic carbocycles. The van der Waals surface area contributed by atoms with E-state index in [4.69, 9.17) is 18.9 Å². The second kappa shape index (κ2) is 5.01. The van der Waals surface area contributed by atoms with E-state index in [0.717, 1.165) is 6.42 Å². The number of hydrogen-bond donors (Lipinski definition) is 0. The topological polar surface area (TPSA) is 71.1 Å². The fourth-order valence-electron chi connectivity index (χ4n) is 2.25. The van der Waals surface area contributed by atoms with Crippen molar-refractivity contribution in [2.75, 3.05) is 13.2 Å². The van der Waals surface area contributed by atoms with Gasteiger partial charge in [0.1, 0.15) is 18.8 Å². The second-order valence-corrected chi connectivity index (χ2v) is 4.24. The van der Waals surface area contributed by atoms with Crippen LogP contribution in [-0.4, -0.2) is 43.7 Å². The number of carbonyl (C=O) groups excluding carboxylic acids is 2. The molecule has 2 fully saturated rings. The van der Waals surface area contributed by atoms with Gasteiger partial charge < -0.3 is 18.9 Å². The molecule has 17 heavy (non-hydrogen) atoms. The van der Waals surface area contributed by atoms with Gasteiger partial charge in [-0.3, -0.25) is 9.59 Å². The number of esters is 2. The highest BCUT2D eigenvalue weighted by Gasteiger charge is 2.50. The highest BCUT2D eigenvalue weighted by Crippen LogP contribution is 2.37. The fraction of sp³-hybridized carbons (Fsp3) is 0.818. The third-order valence-corrected chi connectivity index (χ3v) is 2.93. The van der Waals surface area contributed by atoms with Gasteiger partial charge in [-0.15, -0.1) is 0 Å². The van der Waals surface area contributed by atoms with Crippen LogP contribution in [0.25, 0.3) is 0 Å². The van der Waals surface area contributed by atoms with Gasteiger partial charge in [0.25, 0.3) is 0 Å². The summed E-state index contributed by atoms with van der Waals surface area (Å²) in [5.41, 5.74) is 0. The molecule has 2 saturated heterocycles. The molecule has 0 amide bonds. The third kappa shape index (κ3) is 2.76. The largest absolute Gasteiger partial charge is 0.463 e. The van der Waals surface area contributed by atoms with Crippen LogP contribution in [0.5, 0.6) is 0 Å². The van der Waals surface area contributed by atoms with Crippen LogP contribution < -0.4 is 0 Å². The molecule has 2 aliphatic heterocycles. The van der Waals surface area contributed by atoms with Gasteiger partial charge in [-0.05, 0) is 6.42 Å². The monoisotopic (exact) mass is 244 g/mol. The molecular weight excluding hydrogens is 228 g/mol. The maximum atomic E-state index is 11.0. The molecule has 6 nitrogen and oxygen atoms in total. The van der Waals surface area contributed by atoms with Crippen molar-refractivity contribution >= 4 is 11.9 Å². The molecule has 0 bridgehead atoms. The number of hydrogen-bond acceptors (Lipinski definition) is 6. The summed E-state index contributed by atoms with van der Waals surface area (Å²) in [5, 5.41) is 0. The standard InChI is InChI=1S/C11H16O6/c1-6(12)15-5-9-10(16-7(2)13)8-3-4-14-11(8)17-9/h8-11H,3-5H2,1-2H3/t8-,9-,10-,11+/m1/s1. The molecule has 2 heterocycles. The highest BCUT2D eigenvalue weighted by atomic mass is 16.7. The first kappa shape index (κ1) is 12.3. The van der Waals surface area contributed by atoms with Crippen LogP contribution in [0, 0.1) is 5.92 Å². The third-order valence-electron chi connectivity index (χ3n) is 2.93. The van der Waals surface area contributed by atoms with Gasteiger partial charge in [-0.2, -0.15) is 0 Å². The van der Waals surface area contributed by atoms with Crippen LogP contribution >= 0.6 is 0 Å². The molecule has 2 aliphatic rings. The van der Waals surface area contributed by atoms with Gasteiger partial charge in [0, 0.05) is 13.8 Å². The Morgan fingerprint density at radius 3 is 2.71 bits per heavy atom. The lowest BCUT2D eigenvalue weighted by molar-refractivity contribution is -0.163. The SMILES string of the molecule is CC(=O)OC[C@H]1O[C@@H]2OCC[C@@H]2[C@H]1OC(C)=O. The Labute approximate surface area is 99.2 Å². The number of fused-ring (bicyclic) bond motifs is 1. The molecule has 2 rings (SSSR count). The molecule has 0 saturated carbocycles. The molecule has 0 spiro atoms. The molecular formula is C11H16O6. The van der Waals surface area contributed by atoms with E-state index < -0.39 is 6.10 Å². The predicted molar refractivity (Wildman–Crippen MR) is 54.9 cm³/mol. The van der Waals surface area contributed by atoms with Crippen LogP contribution in [0.2, 0.25) is 0 Å². The number of carbonyl (C=O) groups is 2. The Hall–Kier alpha value is -1.14. The Kier molecular flexibility index (Phi) is 3.63. The van der Waals surface area contributed by atoms with Crippen molar-refractivity contribution in [3.8, 4) is 0 Å². The first-order chi connectivity index (χ1) is 8.08. The van der Waals surface area contributed by atoms with Crippen molar-refractivity contribution in [1.82, 2.24) is 0 Å². The van der Waals surface area contributed by atoms with E-state index in [0.29, 0.717) is 6.61 Å². The van der Waals surface area contributed by atoms with E-state index in [2.05, 4.69) is 0 Å². The van der Waals surface area contributed by atoms with Crippen molar-refractivity contribution in [2.24, 2.45) is 5.92 Å². The highest BCUT2D eigenvalue weighted by molar-refractivity contribution is 5.66. The second-order valence-electron chi connectivity index (χ2n) is 4.24. The lowest BCUT2D eigenvalue weighted by Crippen LogP contribution is -2.35. The van der Waals surface area contributed by atoms with E-state index in [-0.39, 0.29) is 36.9 Å². The maximum absolute atomic E-state index is 11.0. The van der Waals surface area contributed by atoms with E-state index in [1.807, 2.05) is 0 Å². The summed E-state index contributed by atoms with van der Waals surface area (Å²) in [6, 6.07) is 0. The number of rotatable bonds is 3. The summed E-state index contributed by atoms with van der Waals surface area (Å²) in [6.07, 6.45) is -0.378. The molecule has 0 radical (unpaired) electrons. The minimum atomic E-state index is -0.432. The minimum absolute atomic E-state index is 0.0412. The summed E-state index contributed by atoms with van der Waals surface area (Å²) < 4.78 is 21.1. The Morgan fingerprint density at radius 1 is 1.29 bits per heavy atom. The zero-order valence-corrected chi connectivity index (χ0v) is 9.88. The van der Waals surface area contributed by atoms with Gasteiger partial charge >= 0.3 is 11.9 Å². The van der Waals surface area contributed by atoms with Crippen LogP contribution in [0.3, 0.4) is 0 Å². The lowest BCUT2D eigenvalue weighted by Gasteiger charge is -2.20. The zero-order valence-electron chi connectivity index (χ0n) is 9.88. The van der Waals surface area contributed by atoms with Crippen LogP contribution in [0.15, 0.2) is 0 Å². The molecule has 4 atom stereocenters. The van der Waals surface area contributed by atoms with Gasteiger partial charge in [-0.25, -0.2) is 0 Å². The quantitative estimate of drug-likeness (QED) is 0.662. The van der Waals surface area contributed by atoms with E-state index in [1.54, 1.807) is 0 Å². The van der Waals surface area contributed by atoms with Crippen molar-refractivity contribution in [3.05, 3.63) is 0 Å². The molecule has 6 heteroatoms. The summed E-state index contributed by atoms with van der Waals surface area (Å²) in [6.45, 7) is 3.37. The fourth-order valence-corrected chi connectivity index (χ4v) is 2.25. The molecule has 96 valence electrons. The zero-order chi connectivity index (χ0) is 12.4. The normalized spacial score (nSPS) is 35.4. The first-order valence-corrected chi connectivity index (χ1v) is 5.65. The molecule has 0 aromatic heterocycles. The van der Waals surface area contributed by atoms with Crippen molar-refractivity contribution < 1.29 is 28.5 Å². The summed E-state index contributed by atoms with van der Waals surface area (Å²) in [5.74, 6) is -0.702. The Bertz CT molecular complexity index is 315. The van der Waals surface area contributed by atoms with E-state index >= 15 is 0 Å². The van der Waals surface area contributed by atoms with Crippen LogP contribution in [-0.2, 0) is 28.5 Å². The molecule has 0 N–H and O–H groups in total. The average molecular weight is 244 g/mol. The smallest absolute Gasteiger partial charge is 0.303 e. The first-order valence-electron chi connectivity index (χ1n) is 5.65. The molecule has 0 aromatic rings. The van der Waals surface area contributed by atoms with Gasteiger partial charge in [0.2, 0.25) is 0 Å². The van der Waals surface area contributed by atoms with Gasteiger partial charge in [-0.1, -0.05) is 0 Å².